The number of carbonyl (C=O) groups is 1. The number of carbonyl (C=O) groups excluding carboxylic acids is 1. The zero-order valence-electron chi connectivity index (χ0n) is 11.3. The van der Waals surface area contributed by atoms with Crippen LogP contribution in [0.5, 0.6) is 0 Å². The second-order valence-electron chi connectivity index (χ2n) is 4.67. The molecule has 1 heterocycles. The third kappa shape index (κ3) is 4.87. The molecule has 0 spiro atoms. The quantitative estimate of drug-likeness (QED) is 0.792. The van der Waals surface area contributed by atoms with Gasteiger partial charge in [0.05, 0.1) is 6.26 Å². The van der Waals surface area contributed by atoms with Crippen LogP contribution in [0.25, 0.3) is 0 Å². The normalized spacial score (nSPS) is 17.6. The smallest absolute Gasteiger partial charge is 0.251 e. The van der Waals surface area contributed by atoms with Gasteiger partial charge in [0.15, 0.2) is 0 Å². The Balaban J connectivity index is 1.59. The molecule has 0 saturated carbocycles. The van der Waals surface area contributed by atoms with Gasteiger partial charge in [0.1, 0.15) is 6.10 Å². The monoisotopic (exact) mass is 294 g/mol. The number of rotatable bonds is 6. The van der Waals surface area contributed by atoms with E-state index in [1.54, 1.807) is 30.5 Å². The Bertz CT molecular complexity index is 459. The van der Waals surface area contributed by atoms with Gasteiger partial charge < -0.3 is 15.4 Å². The lowest BCUT2D eigenvalue weighted by atomic mass is 10.1. The molecule has 1 aliphatic rings. The first-order chi connectivity index (χ1) is 9.75. The minimum Gasteiger partial charge on any atom is -0.497 e. The fraction of sp³-hybridized carbons (Fsp3) is 0.400. The Morgan fingerprint density at radius 2 is 2.10 bits per heavy atom. The van der Waals surface area contributed by atoms with Crippen LogP contribution in [0.2, 0.25) is 5.02 Å². The van der Waals surface area contributed by atoms with Crippen LogP contribution in [0.3, 0.4) is 0 Å². The zero-order valence-corrected chi connectivity index (χ0v) is 12.0. The summed E-state index contributed by atoms with van der Waals surface area (Å²) in [5, 5.41) is 6.76. The van der Waals surface area contributed by atoms with Crippen LogP contribution in [0, 0.1) is 0 Å². The van der Waals surface area contributed by atoms with Gasteiger partial charge in [-0.3, -0.25) is 4.79 Å². The van der Waals surface area contributed by atoms with Crippen LogP contribution in [0.1, 0.15) is 23.2 Å². The summed E-state index contributed by atoms with van der Waals surface area (Å²) in [6, 6.07) is 6.85. The average molecular weight is 295 g/mol. The van der Waals surface area contributed by atoms with Crippen molar-refractivity contribution >= 4 is 17.5 Å². The van der Waals surface area contributed by atoms with Gasteiger partial charge in [-0.25, -0.2) is 0 Å². The second kappa shape index (κ2) is 7.92. The van der Waals surface area contributed by atoms with Gasteiger partial charge >= 0.3 is 0 Å². The van der Waals surface area contributed by atoms with E-state index in [1.165, 1.54) is 0 Å². The molecule has 0 radical (unpaired) electrons. The van der Waals surface area contributed by atoms with Gasteiger partial charge in [-0.1, -0.05) is 11.6 Å². The first-order valence-corrected chi connectivity index (χ1v) is 7.18. The molecule has 1 aromatic rings. The van der Waals surface area contributed by atoms with Gasteiger partial charge in [-0.2, -0.15) is 0 Å². The van der Waals surface area contributed by atoms with Crippen molar-refractivity contribution in [1.29, 1.82) is 0 Å². The van der Waals surface area contributed by atoms with E-state index >= 15 is 0 Å². The highest BCUT2D eigenvalue weighted by Crippen LogP contribution is 2.09. The Hall–Kier alpha value is -1.52. The summed E-state index contributed by atoms with van der Waals surface area (Å²) < 4.78 is 5.44. The van der Waals surface area contributed by atoms with Crippen LogP contribution in [-0.4, -0.2) is 31.6 Å². The van der Waals surface area contributed by atoms with Crippen molar-refractivity contribution in [1.82, 2.24) is 10.6 Å². The molecule has 108 valence electrons. The van der Waals surface area contributed by atoms with Crippen LogP contribution >= 0.6 is 11.6 Å². The first kappa shape index (κ1) is 14.9. The largest absolute Gasteiger partial charge is 0.497 e. The van der Waals surface area contributed by atoms with Gasteiger partial charge in [0, 0.05) is 30.2 Å². The lowest BCUT2D eigenvalue weighted by Crippen LogP contribution is -2.36. The summed E-state index contributed by atoms with van der Waals surface area (Å²) >= 11 is 5.78. The van der Waals surface area contributed by atoms with E-state index in [4.69, 9.17) is 16.3 Å². The molecule has 1 amide bonds. The lowest BCUT2D eigenvalue weighted by Gasteiger charge is -2.19. The summed E-state index contributed by atoms with van der Waals surface area (Å²) in [5.41, 5.74) is 0.621. The number of hydrogen-bond acceptors (Lipinski definition) is 3. The van der Waals surface area contributed by atoms with Crippen molar-refractivity contribution in [2.24, 2.45) is 0 Å². The first-order valence-electron chi connectivity index (χ1n) is 6.80. The maximum Gasteiger partial charge on any atom is 0.251 e. The molecule has 1 aromatic carbocycles. The van der Waals surface area contributed by atoms with Gasteiger partial charge in [0.25, 0.3) is 5.91 Å². The van der Waals surface area contributed by atoms with E-state index in [0.29, 0.717) is 17.1 Å². The van der Waals surface area contributed by atoms with Crippen molar-refractivity contribution in [3.05, 3.63) is 47.2 Å². The number of hydrogen-bond donors (Lipinski definition) is 2. The lowest BCUT2D eigenvalue weighted by molar-refractivity contribution is 0.0952. The summed E-state index contributed by atoms with van der Waals surface area (Å²) in [7, 11) is 0. The predicted octanol–water partition coefficient (Wildman–Crippen LogP) is 2.35. The van der Waals surface area contributed by atoms with Gasteiger partial charge in [-0.15, -0.1) is 0 Å². The Kier molecular flexibility index (Phi) is 5.89. The number of benzene rings is 1. The fourth-order valence-electron chi connectivity index (χ4n) is 1.97. The summed E-state index contributed by atoms with van der Waals surface area (Å²) in [4.78, 5) is 11.8. The maximum atomic E-state index is 11.8. The van der Waals surface area contributed by atoms with Crippen LogP contribution in [0.4, 0.5) is 0 Å². The molecule has 0 aromatic heterocycles. The minimum absolute atomic E-state index is 0.0830. The molecule has 20 heavy (non-hydrogen) atoms. The Labute approximate surface area is 124 Å². The highest BCUT2D eigenvalue weighted by molar-refractivity contribution is 6.30. The summed E-state index contributed by atoms with van der Waals surface area (Å²) in [6.45, 7) is 2.12. The zero-order chi connectivity index (χ0) is 14.2. The van der Waals surface area contributed by atoms with Crippen LogP contribution in [-0.2, 0) is 4.74 Å². The van der Waals surface area contributed by atoms with E-state index in [9.17, 15) is 4.79 Å². The molecule has 0 bridgehead atoms. The second-order valence-corrected chi connectivity index (χ2v) is 5.11. The highest BCUT2D eigenvalue weighted by Gasteiger charge is 2.09. The number of nitrogens with one attached hydrogen (secondary N) is 2. The third-order valence-corrected chi connectivity index (χ3v) is 3.34. The van der Waals surface area contributed by atoms with Crippen LogP contribution < -0.4 is 10.6 Å². The molecule has 1 atom stereocenters. The average Bonchev–Trinajstić information content (AvgIpc) is 2.48. The van der Waals surface area contributed by atoms with Gasteiger partial charge in [-0.05, 0) is 43.2 Å². The summed E-state index contributed by atoms with van der Waals surface area (Å²) in [5.74, 6) is -0.0830. The SMILES string of the molecule is O=C(NCCNCC1CCC=CO1)c1ccc(Cl)cc1. The molecule has 4 nitrogen and oxygen atoms in total. The van der Waals surface area contributed by atoms with Crippen LogP contribution in [0.15, 0.2) is 36.6 Å². The molecule has 0 fully saturated rings. The standard InChI is InChI=1S/C15H19ClN2O2/c16-13-6-4-12(5-7-13)15(19)18-9-8-17-11-14-3-1-2-10-20-14/h2,4-7,10,14,17H,1,3,8-9,11H2,(H,18,19). The van der Waals surface area contributed by atoms with E-state index in [1.807, 2.05) is 6.08 Å². The van der Waals surface area contributed by atoms with Crippen molar-refractivity contribution in [3.63, 3.8) is 0 Å². The maximum absolute atomic E-state index is 11.8. The molecule has 2 N–H and O–H groups in total. The van der Waals surface area contributed by atoms with E-state index in [0.717, 1.165) is 25.9 Å². The Morgan fingerprint density at radius 3 is 2.80 bits per heavy atom. The molecule has 5 heteroatoms. The third-order valence-electron chi connectivity index (χ3n) is 3.09. The Morgan fingerprint density at radius 1 is 1.30 bits per heavy atom. The number of allylic oxidation sites excluding steroid dienone is 1. The predicted molar refractivity (Wildman–Crippen MR) is 79.9 cm³/mol. The van der Waals surface area contributed by atoms with Crippen molar-refractivity contribution in [3.8, 4) is 0 Å². The molecule has 1 aliphatic heterocycles. The number of halogens is 1. The molecule has 1 unspecified atom stereocenters. The highest BCUT2D eigenvalue weighted by atomic mass is 35.5. The van der Waals surface area contributed by atoms with E-state index < -0.39 is 0 Å². The van der Waals surface area contributed by atoms with Gasteiger partial charge in [0.2, 0.25) is 0 Å². The van der Waals surface area contributed by atoms with Crippen molar-refractivity contribution in [2.75, 3.05) is 19.6 Å². The summed E-state index contributed by atoms with van der Waals surface area (Å²) in [6.07, 6.45) is 6.15. The fourth-order valence-corrected chi connectivity index (χ4v) is 2.09. The van der Waals surface area contributed by atoms with Crippen molar-refractivity contribution < 1.29 is 9.53 Å². The van der Waals surface area contributed by atoms with E-state index in [2.05, 4.69) is 10.6 Å². The number of ether oxygens (including phenoxy) is 1. The molecular weight excluding hydrogens is 276 g/mol. The molecule has 0 saturated heterocycles. The minimum atomic E-state index is -0.0830. The van der Waals surface area contributed by atoms with E-state index in [-0.39, 0.29) is 12.0 Å². The van der Waals surface area contributed by atoms with Crippen molar-refractivity contribution in [2.45, 2.75) is 18.9 Å². The molecule has 2 rings (SSSR count). The molecular formula is C15H19ClN2O2. The molecule has 0 aliphatic carbocycles. The number of amides is 1. The topological polar surface area (TPSA) is 50.4 Å².